The van der Waals surface area contributed by atoms with Gasteiger partial charge in [-0.1, -0.05) is 34.1 Å². The molecular weight excluding hydrogens is 332 g/mol. The van der Waals surface area contributed by atoms with Crippen LogP contribution in [0.25, 0.3) is 0 Å². The average Bonchev–Trinajstić information content (AvgIpc) is 2.55. The number of benzene rings is 2. The Balaban J connectivity index is 2.11. The molecule has 0 saturated carbocycles. The predicted molar refractivity (Wildman–Crippen MR) is 88.0 cm³/mol. The third-order valence-electron chi connectivity index (χ3n) is 2.99. The van der Waals surface area contributed by atoms with Crippen molar-refractivity contribution in [3.05, 3.63) is 60.2 Å². The van der Waals surface area contributed by atoms with Gasteiger partial charge in [0.1, 0.15) is 0 Å². The van der Waals surface area contributed by atoms with Gasteiger partial charge in [0.25, 0.3) is 5.91 Å². The van der Waals surface area contributed by atoms with Gasteiger partial charge < -0.3 is 10.2 Å². The van der Waals surface area contributed by atoms with E-state index in [1.54, 1.807) is 36.2 Å². The van der Waals surface area contributed by atoms with Gasteiger partial charge in [0.2, 0.25) is 5.91 Å². The number of nitrogens with one attached hydrogen (secondary N) is 1. The molecule has 0 atom stereocenters. The van der Waals surface area contributed by atoms with Gasteiger partial charge in [0, 0.05) is 24.0 Å². The number of hydrogen-bond donors (Lipinski definition) is 1. The van der Waals surface area contributed by atoms with E-state index < -0.39 is 0 Å². The minimum Gasteiger partial charge on any atom is -0.325 e. The summed E-state index contributed by atoms with van der Waals surface area (Å²) in [5.74, 6) is -0.227. The molecule has 0 bridgehead atoms. The third-order valence-corrected chi connectivity index (χ3v) is 3.49. The topological polar surface area (TPSA) is 49.4 Å². The van der Waals surface area contributed by atoms with Crippen molar-refractivity contribution in [3.8, 4) is 0 Å². The molecule has 2 rings (SSSR count). The first-order valence-corrected chi connectivity index (χ1v) is 7.53. The summed E-state index contributed by atoms with van der Waals surface area (Å²) >= 11 is 3.08. The highest BCUT2D eigenvalue weighted by molar-refractivity contribution is 9.09. The maximum Gasteiger partial charge on any atom is 0.258 e. The standard InChI is InChI=1S/C16H15BrN2O2/c1-19(14-5-3-2-4-6-14)16(21)12-7-9-13(10-8-12)18-15(20)11-17/h2-10H,11H2,1H3,(H,18,20). The highest BCUT2D eigenvalue weighted by Gasteiger charge is 2.13. The molecule has 5 heteroatoms. The van der Waals surface area contributed by atoms with Crippen molar-refractivity contribution < 1.29 is 9.59 Å². The van der Waals surface area contributed by atoms with E-state index in [0.29, 0.717) is 11.3 Å². The summed E-state index contributed by atoms with van der Waals surface area (Å²) in [5.41, 5.74) is 2.07. The van der Waals surface area contributed by atoms with Gasteiger partial charge in [0.05, 0.1) is 5.33 Å². The van der Waals surface area contributed by atoms with Gasteiger partial charge in [-0.3, -0.25) is 9.59 Å². The predicted octanol–water partition coefficient (Wildman–Crippen LogP) is 3.30. The fourth-order valence-electron chi connectivity index (χ4n) is 1.85. The molecule has 21 heavy (non-hydrogen) atoms. The molecule has 0 aliphatic carbocycles. The van der Waals surface area contributed by atoms with Gasteiger partial charge in [-0.25, -0.2) is 0 Å². The first kappa shape index (κ1) is 15.3. The summed E-state index contributed by atoms with van der Waals surface area (Å²) in [4.78, 5) is 25.2. The Morgan fingerprint density at radius 1 is 1.05 bits per heavy atom. The number of anilines is 2. The van der Waals surface area contributed by atoms with Crippen molar-refractivity contribution in [2.24, 2.45) is 0 Å². The van der Waals surface area contributed by atoms with Gasteiger partial charge in [-0.2, -0.15) is 0 Å². The van der Waals surface area contributed by atoms with E-state index in [-0.39, 0.29) is 17.1 Å². The Morgan fingerprint density at radius 3 is 2.24 bits per heavy atom. The maximum absolute atomic E-state index is 12.4. The van der Waals surface area contributed by atoms with Crippen LogP contribution < -0.4 is 10.2 Å². The highest BCUT2D eigenvalue weighted by Crippen LogP contribution is 2.16. The van der Waals surface area contributed by atoms with Crippen LogP contribution in [0.2, 0.25) is 0 Å². The Labute approximate surface area is 131 Å². The smallest absolute Gasteiger partial charge is 0.258 e. The lowest BCUT2D eigenvalue weighted by molar-refractivity contribution is -0.113. The second kappa shape index (κ2) is 7.04. The molecule has 0 radical (unpaired) electrons. The monoisotopic (exact) mass is 346 g/mol. The van der Waals surface area contributed by atoms with Crippen molar-refractivity contribution >= 4 is 39.1 Å². The number of rotatable bonds is 4. The number of nitrogens with zero attached hydrogens (tertiary/aromatic N) is 1. The van der Waals surface area contributed by atoms with Crippen LogP contribution in [0.3, 0.4) is 0 Å². The lowest BCUT2D eigenvalue weighted by Gasteiger charge is -2.17. The zero-order valence-corrected chi connectivity index (χ0v) is 13.1. The first-order valence-electron chi connectivity index (χ1n) is 6.41. The van der Waals surface area contributed by atoms with Crippen LogP contribution >= 0.6 is 15.9 Å². The Morgan fingerprint density at radius 2 is 1.67 bits per heavy atom. The van der Waals surface area contributed by atoms with Gasteiger partial charge in [-0.15, -0.1) is 0 Å². The number of alkyl halides is 1. The maximum atomic E-state index is 12.4. The Kier molecular flexibility index (Phi) is 5.11. The van der Waals surface area contributed by atoms with Gasteiger partial charge in [0.15, 0.2) is 0 Å². The summed E-state index contributed by atoms with van der Waals surface area (Å²) in [7, 11) is 1.73. The zero-order valence-electron chi connectivity index (χ0n) is 11.5. The molecule has 0 spiro atoms. The second-order valence-electron chi connectivity index (χ2n) is 4.46. The van der Waals surface area contributed by atoms with E-state index in [0.717, 1.165) is 5.69 Å². The van der Waals surface area contributed by atoms with Crippen molar-refractivity contribution in [3.63, 3.8) is 0 Å². The normalized spacial score (nSPS) is 10.0. The molecule has 0 heterocycles. The molecule has 0 aromatic heterocycles. The summed E-state index contributed by atoms with van der Waals surface area (Å²) in [6.45, 7) is 0. The zero-order chi connectivity index (χ0) is 15.2. The molecular formula is C16H15BrN2O2. The molecule has 4 nitrogen and oxygen atoms in total. The minimum atomic E-state index is -0.129. The van der Waals surface area contributed by atoms with E-state index in [2.05, 4.69) is 21.2 Å². The van der Waals surface area contributed by atoms with E-state index in [1.165, 1.54) is 0 Å². The van der Waals surface area contributed by atoms with Crippen molar-refractivity contribution in [1.29, 1.82) is 0 Å². The summed E-state index contributed by atoms with van der Waals surface area (Å²) < 4.78 is 0. The average molecular weight is 347 g/mol. The van der Waals surface area contributed by atoms with Gasteiger partial charge in [-0.05, 0) is 36.4 Å². The summed E-state index contributed by atoms with van der Waals surface area (Å²) in [5, 5.41) is 2.95. The molecule has 1 N–H and O–H groups in total. The quantitative estimate of drug-likeness (QED) is 0.863. The fourth-order valence-corrected chi connectivity index (χ4v) is 1.99. The first-order chi connectivity index (χ1) is 10.1. The minimum absolute atomic E-state index is 0.0976. The largest absolute Gasteiger partial charge is 0.325 e. The van der Waals surface area contributed by atoms with E-state index >= 15 is 0 Å². The fraction of sp³-hybridized carbons (Fsp3) is 0.125. The van der Waals surface area contributed by atoms with Crippen LogP contribution in [0.1, 0.15) is 10.4 Å². The van der Waals surface area contributed by atoms with Crippen LogP contribution in [0.5, 0.6) is 0 Å². The van der Waals surface area contributed by atoms with Crippen LogP contribution in [-0.4, -0.2) is 24.2 Å². The number of amides is 2. The number of hydrogen-bond acceptors (Lipinski definition) is 2. The Hall–Kier alpha value is -2.14. The molecule has 2 amide bonds. The lowest BCUT2D eigenvalue weighted by Crippen LogP contribution is -2.26. The van der Waals surface area contributed by atoms with Crippen LogP contribution in [0, 0.1) is 0 Å². The van der Waals surface area contributed by atoms with Crippen LogP contribution in [0.15, 0.2) is 54.6 Å². The second-order valence-corrected chi connectivity index (χ2v) is 5.02. The summed E-state index contributed by atoms with van der Waals surface area (Å²) in [6, 6.07) is 16.3. The van der Waals surface area contributed by atoms with Crippen molar-refractivity contribution in [2.45, 2.75) is 0 Å². The van der Waals surface area contributed by atoms with E-state index in [9.17, 15) is 9.59 Å². The molecule has 0 aliphatic heterocycles. The highest BCUT2D eigenvalue weighted by atomic mass is 79.9. The number of carbonyl (C=O) groups excluding carboxylic acids is 2. The SMILES string of the molecule is CN(C(=O)c1ccc(NC(=O)CBr)cc1)c1ccccc1. The molecule has 0 aliphatic rings. The molecule has 0 unspecified atom stereocenters. The summed E-state index contributed by atoms with van der Waals surface area (Å²) in [6.07, 6.45) is 0. The Bertz CT molecular complexity index is 626. The third kappa shape index (κ3) is 3.92. The molecule has 0 saturated heterocycles. The number of para-hydroxylation sites is 1. The van der Waals surface area contributed by atoms with Crippen molar-refractivity contribution in [1.82, 2.24) is 0 Å². The van der Waals surface area contributed by atoms with Crippen molar-refractivity contribution in [2.75, 3.05) is 22.6 Å². The van der Waals surface area contributed by atoms with E-state index in [4.69, 9.17) is 0 Å². The van der Waals surface area contributed by atoms with Crippen LogP contribution in [-0.2, 0) is 4.79 Å². The molecule has 0 fully saturated rings. The lowest BCUT2D eigenvalue weighted by atomic mass is 10.1. The van der Waals surface area contributed by atoms with E-state index in [1.807, 2.05) is 30.3 Å². The van der Waals surface area contributed by atoms with Gasteiger partial charge >= 0.3 is 0 Å². The molecule has 2 aromatic rings. The van der Waals surface area contributed by atoms with Crippen LogP contribution in [0.4, 0.5) is 11.4 Å². The molecule has 108 valence electrons. The molecule has 2 aromatic carbocycles. The number of carbonyl (C=O) groups is 2. The number of halogens is 1.